The molecule has 64 valence electrons. The highest BCUT2D eigenvalue weighted by atomic mass is 16.6. The maximum atomic E-state index is 11.2. The van der Waals surface area contributed by atoms with Crippen LogP contribution in [0.4, 0.5) is 0 Å². The van der Waals surface area contributed by atoms with Gasteiger partial charge in [-0.3, -0.25) is 4.79 Å². The highest BCUT2D eigenvalue weighted by Gasteiger charge is 2.48. The van der Waals surface area contributed by atoms with Gasteiger partial charge >= 0.3 is 0 Å². The number of hydrogen-bond donors (Lipinski definition) is 0. The lowest BCUT2D eigenvalue weighted by molar-refractivity contribution is -0.115. The molecule has 0 amide bonds. The number of fused-ring (bicyclic) bond motifs is 3. The van der Waals surface area contributed by atoms with Gasteiger partial charge in [-0.1, -0.05) is 0 Å². The van der Waals surface area contributed by atoms with E-state index >= 15 is 0 Å². The number of carbonyl (C=O) groups is 1. The van der Waals surface area contributed by atoms with Crippen LogP contribution in [0.3, 0.4) is 0 Å². The predicted octanol–water partition coefficient (Wildman–Crippen LogP) is 1.45. The lowest BCUT2D eigenvalue weighted by Crippen LogP contribution is -2.22. The van der Waals surface area contributed by atoms with Gasteiger partial charge in [0, 0.05) is 6.42 Å². The summed E-state index contributed by atoms with van der Waals surface area (Å²) < 4.78 is 5.48. The van der Waals surface area contributed by atoms with Gasteiger partial charge in [0.15, 0.2) is 5.78 Å². The molecule has 1 aliphatic heterocycles. The first kappa shape index (κ1) is 6.84. The molecule has 2 heteroatoms. The van der Waals surface area contributed by atoms with Crippen LogP contribution in [0.5, 0.6) is 0 Å². The van der Waals surface area contributed by atoms with Gasteiger partial charge in [-0.15, -0.1) is 0 Å². The summed E-state index contributed by atoms with van der Waals surface area (Å²) in [4.78, 5) is 11.2. The molecule has 3 aliphatic rings. The molecule has 3 rings (SSSR count). The Morgan fingerprint density at radius 3 is 3.17 bits per heavy atom. The van der Waals surface area contributed by atoms with Crippen molar-refractivity contribution in [3.05, 3.63) is 11.6 Å². The van der Waals surface area contributed by atoms with E-state index in [9.17, 15) is 4.79 Å². The zero-order valence-electron chi connectivity index (χ0n) is 6.95. The quantitative estimate of drug-likeness (QED) is 0.507. The Morgan fingerprint density at radius 1 is 1.33 bits per heavy atom. The molecule has 2 nitrogen and oxygen atoms in total. The van der Waals surface area contributed by atoms with Crippen molar-refractivity contribution in [3.8, 4) is 0 Å². The number of carbonyl (C=O) groups excluding carboxylic acids is 1. The third-order valence-corrected chi connectivity index (χ3v) is 3.25. The second-order valence-electron chi connectivity index (χ2n) is 4.02. The van der Waals surface area contributed by atoms with Gasteiger partial charge in [0.05, 0.1) is 6.10 Å². The zero-order chi connectivity index (χ0) is 8.13. The van der Waals surface area contributed by atoms with Crippen LogP contribution in [0.25, 0.3) is 0 Å². The lowest BCUT2D eigenvalue weighted by Gasteiger charge is -2.25. The van der Waals surface area contributed by atoms with Crippen LogP contribution in [0, 0.1) is 5.92 Å². The fourth-order valence-electron chi connectivity index (χ4n) is 2.51. The van der Waals surface area contributed by atoms with E-state index in [2.05, 4.69) is 0 Å². The van der Waals surface area contributed by atoms with Gasteiger partial charge in [0.25, 0.3) is 0 Å². The van der Waals surface area contributed by atoms with Crippen LogP contribution in [-0.2, 0) is 9.53 Å². The fourth-order valence-corrected chi connectivity index (χ4v) is 2.51. The summed E-state index contributed by atoms with van der Waals surface area (Å²) in [6.07, 6.45) is 6.92. The van der Waals surface area contributed by atoms with Crippen molar-refractivity contribution in [1.29, 1.82) is 0 Å². The first-order valence-electron chi connectivity index (χ1n) is 4.74. The van der Waals surface area contributed by atoms with Crippen molar-refractivity contribution in [1.82, 2.24) is 0 Å². The number of rotatable bonds is 0. The molecule has 0 aromatic carbocycles. The normalized spacial score (nSPS) is 44.5. The molecule has 0 aromatic heterocycles. The number of ketones is 1. The maximum Gasteiger partial charge on any atom is 0.155 e. The van der Waals surface area contributed by atoms with Gasteiger partial charge in [-0.25, -0.2) is 0 Å². The molecule has 1 saturated heterocycles. The van der Waals surface area contributed by atoms with Crippen LogP contribution in [0.15, 0.2) is 11.6 Å². The molecule has 1 saturated carbocycles. The molecule has 0 aromatic rings. The standard InChI is InChI=1S/C10H12O2/c11-7-3-1-6-2-4-9-10(12-9)8(6)5-7/h5-6,9-10H,1-4H2. The fraction of sp³-hybridized carbons (Fsp3) is 0.700. The average Bonchev–Trinajstić information content (AvgIpc) is 2.82. The van der Waals surface area contributed by atoms with Gasteiger partial charge in [-0.2, -0.15) is 0 Å². The van der Waals surface area contributed by atoms with Crippen molar-refractivity contribution >= 4 is 5.78 Å². The third-order valence-electron chi connectivity index (χ3n) is 3.25. The number of allylic oxidation sites excluding steroid dienone is 1. The molecule has 0 spiro atoms. The summed E-state index contributed by atoms with van der Waals surface area (Å²) in [5.41, 5.74) is 1.31. The monoisotopic (exact) mass is 164 g/mol. The van der Waals surface area contributed by atoms with Crippen LogP contribution in [0.1, 0.15) is 25.7 Å². The summed E-state index contributed by atoms with van der Waals surface area (Å²) in [6.45, 7) is 0. The van der Waals surface area contributed by atoms with E-state index in [-0.39, 0.29) is 0 Å². The number of hydrogen-bond acceptors (Lipinski definition) is 2. The largest absolute Gasteiger partial charge is 0.365 e. The number of epoxide rings is 1. The van der Waals surface area contributed by atoms with Crippen molar-refractivity contribution in [3.63, 3.8) is 0 Å². The molecule has 3 unspecified atom stereocenters. The second-order valence-corrected chi connectivity index (χ2v) is 4.02. The van der Waals surface area contributed by atoms with Crippen molar-refractivity contribution in [2.45, 2.75) is 37.9 Å². The summed E-state index contributed by atoms with van der Waals surface area (Å²) in [7, 11) is 0. The SMILES string of the molecule is O=C1C=C2C(CC1)CCC1OC21. The Kier molecular flexibility index (Phi) is 1.25. The molecule has 2 fully saturated rings. The molecule has 1 heterocycles. The smallest absolute Gasteiger partial charge is 0.155 e. The Labute approximate surface area is 71.6 Å². The second kappa shape index (κ2) is 2.19. The minimum atomic E-state index is 0.303. The lowest BCUT2D eigenvalue weighted by atomic mass is 9.77. The van der Waals surface area contributed by atoms with E-state index in [0.717, 1.165) is 12.8 Å². The highest BCUT2D eigenvalue weighted by Crippen LogP contribution is 2.46. The first-order valence-corrected chi connectivity index (χ1v) is 4.74. The Morgan fingerprint density at radius 2 is 2.25 bits per heavy atom. The van der Waals surface area contributed by atoms with E-state index in [1.165, 1.54) is 18.4 Å². The van der Waals surface area contributed by atoms with Crippen LogP contribution < -0.4 is 0 Å². The van der Waals surface area contributed by atoms with Gasteiger partial charge in [0.2, 0.25) is 0 Å². The minimum absolute atomic E-state index is 0.303. The van der Waals surface area contributed by atoms with E-state index in [0.29, 0.717) is 23.9 Å². The summed E-state index contributed by atoms with van der Waals surface area (Å²) in [6, 6.07) is 0. The van der Waals surface area contributed by atoms with E-state index < -0.39 is 0 Å². The van der Waals surface area contributed by atoms with Gasteiger partial charge in [0.1, 0.15) is 6.10 Å². The zero-order valence-corrected chi connectivity index (χ0v) is 6.95. The number of ether oxygens (including phenoxy) is 1. The van der Waals surface area contributed by atoms with Crippen molar-refractivity contribution < 1.29 is 9.53 Å². The van der Waals surface area contributed by atoms with Crippen LogP contribution in [0.2, 0.25) is 0 Å². The average molecular weight is 164 g/mol. The predicted molar refractivity (Wildman–Crippen MR) is 43.7 cm³/mol. The summed E-state index contributed by atoms with van der Waals surface area (Å²) >= 11 is 0. The molecule has 0 bridgehead atoms. The Hall–Kier alpha value is -0.630. The maximum absolute atomic E-state index is 11.2. The van der Waals surface area contributed by atoms with E-state index in [1.54, 1.807) is 0 Å². The van der Waals surface area contributed by atoms with Crippen molar-refractivity contribution in [2.75, 3.05) is 0 Å². The van der Waals surface area contributed by atoms with Crippen molar-refractivity contribution in [2.24, 2.45) is 5.92 Å². The summed E-state index contributed by atoms with van der Waals surface area (Å²) in [5.74, 6) is 0.976. The van der Waals surface area contributed by atoms with Crippen LogP contribution >= 0.6 is 0 Å². The van der Waals surface area contributed by atoms with Crippen LogP contribution in [-0.4, -0.2) is 18.0 Å². The molecule has 2 aliphatic carbocycles. The molecule has 0 radical (unpaired) electrons. The van der Waals surface area contributed by atoms with E-state index in [4.69, 9.17) is 4.74 Å². The topological polar surface area (TPSA) is 29.6 Å². The van der Waals surface area contributed by atoms with Gasteiger partial charge in [-0.05, 0) is 36.8 Å². The minimum Gasteiger partial charge on any atom is -0.365 e. The van der Waals surface area contributed by atoms with E-state index in [1.807, 2.05) is 6.08 Å². The molecular formula is C10H12O2. The molecule has 0 N–H and O–H groups in total. The van der Waals surface area contributed by atoms with Gasteiger partial charge < -0.3 is 4.74 Å². The highest BCUT2D eigenvalue weighted by molar-refractivity contribution is 5.91. The molecule has 12 heavy (non-hydrogen) atoms. The summed E-state index contributed by atoms with van der Waals surface area (Å²) in [5, 5.41) is 0. The first-order chi connectivity index (χ1) is 5.84. The molecule has 3 atom stereocenters. The molecular weight excluding hydrogens is 152 g/mol. The third kappa shape index (κ3) is 0.876. The Balaban J connectivity index is 1.94. The Bertz CT molecular complexity index is 267.